The van der Waals surface area contributed by atoms with Crippen LogP contribution in [0.15, 0.2) is 42.5 Å². The number of carbonyl (C=O) groups is 2. The molecule has 1 saturated heterocycles. The van der Waals surface area contributed by atoms with Crippen LogP contribution in [0.2, 0.25) is 0 Å². The normalized spacial score (nSPS) is 18.7. The number of aliphatic hydroxyl groups is 1. The van der Waals surface area contributed by atoms with Crippen LogP contribution in [0.25, 0.3) is 0 Å². The number of amides is 2. The summed E-state index contributed by atoms with van der Waals surface area (Å²) in [5.41, 5.74) is 0.949. The van der Waals surface area contributed by atoms with Gasteiger partial charge >= 0.3 is 0 Å². The van der Waals surface area contributed by atoms with Crippen molar-refractivity contribution in [1.82, 2.24) is 15.5 Å². The number of halogens is 2. The molecular weight excluding hydrogens is 492 g/mol. The quantitative estimate of drug-likeness (QED) is 0.367. The van der Waals surface area contributed by atoms with Crippen molar-refractivity contribution in [1.29, 1.82) is 0 Å². The van der Waals surface area contributed by atoms with Crippen molar-refractivity contribution in [3.05, 3.63) is 70.8 Å². The standard InChI is InChI=1S/C29H39F2N3O4/c1-4-6-10-34(3)29(37)21-9-7-8-20(15-21)28(36)33-26(14-19-12-22(30)16-23(31)13-19)27(35)25-17-24(18-32-25)38-11-5-2/h7-9,12-13,15-16,24-27,32,35H,4-6,10-11,14,17-18H2,1-3H3,(H,33,36)/t24-,25-,26+,27-/m1/s1. The smallest absolute Gasteiger partial charge is 0.253 e. The highest BCUT2D eigenvalue weighted by atomic mass is 19.1. The van der Waals surface area contributed by atoms with Crippen molar-refractivity contribution >= 4 is 11.8 Å². The van der Waals surface area contributed by atoms with E-state index in [2.05, 4.69) is 10.6 Å². The Kier molecular flexibility index (Phi) is 11.2. The number of carbonyl (C=O) groups excluding carboxylic acids is 2. The van der Waals surface area contributed by atoms with Gasteiger partial charge in [0.15, 0.2) is 0 Å². The van der Waals surface area contributed by atoms with Crippen LogP contribution in [-0.2, 0) is 11.2 Å². The summed E-state index contributed by atoms with van der Waals surface area (Å²) in [6.45, 7) is 5.85. The highest BCUT2D eigenvalue weighted by Gasteiger charge is 2.35. The Morgan fingerprint density at radius 1 is 1.13 bits per heavy atom. The third kappa shape index (κ3) is 8.31. The van der Waals surface area contributed by atoms with E-state index in [9.17, 15) is 23.5 Å². The van der Waals surface area contributed by atoms with Crippen LogP contribution in [0.5, 0.6) is 0 Å². The Labute approximate surface area is 223 Å². The van der Waals surface area contributed by atoms with E-state index in [0.29, 0.717) is 37.2 Å². The summed E-state index contributed by atoms with van der Waals surface area (Å²) in [5.74, 6) is -2.14. The van der Waals surface area contributed by atoms with Gasteiger partial charge in [-0.3, -0.25) is 9.59 Å². The van der Waals surface area contributed by atoms with Gasteiger partial charge in [0.25, 0.3) is 11.8 Å². The molecule has 0 aliphatic carbocycles. The van der Waals surface area contributed by atoms with E-state index in [4.69, 9.17) is 4.74 Å². The minimum absolute atomic E-state index is 0.0125. The van der Waals surface area contributed by atoms with Gasteiger partial charge < -0.3 is 25.4 Å². The summed E-state index contributed by atoms with van der Waals surface area (Å²) in [4.78, 5) is 27.7. The summed E-state index contributed by atoms with van der Waals surface area (Å²) in [5, 5.41) is 17.4. The number of nitrogens with one attached hydrogen (secondary N) is 2. The van der Waals surface area contributed by atoms with Crippen LogP contribution in [0.3, 0.4) is 0 Å². The van der Waals surface area contributed by atoms with Crippen LogP contribution in [0.1, 0.15) is 65.8 Å². The zero-order valence-corrected chi connectivity index (χ0v) is 22.4. The molecule has 38 heavy (non-hydrogen) atoms. The molecule has 3 rings (SSSR count). The van der Waals surface area contributed by atoms with E-state index in [0.717, 1.165) is 25.3 Å². The van der Waals surface area contributed by atoms with E-state index in [1.54, 1.807) is 30.1 Å². The molecule has 7 nitrogen and oxygen atoms in total. The van der Waals surface area contributed by atoms with Crippen LogP contribution in [-0.4, -0.2) is 72.9 Å². The van der Waals surface area contributed by atoms with Gasteiger partial charge in [0.1, 0.15) is 11.6 Å². The number of hydrogen-bond acceptors (Lipinski definition) is 5. The molecular formula is C29H39F2N3O4. The maximum atomic E-state index is 13.9. The lowest BCUT2D eigenvalue weighted by Crippen LogP contribution is -2.52. The highest BCUT2D eigenvalue weighted by Crippen LogP contribution is 2.20. The van der Waals surface area contributed by atoms with Crippen molar-refractivity contribution in [2.75, 3.05) is 26.7 Å². The molecule has 0 unspecified atom stereocenters. The van der Waals surface area contributed by atoms with Crippen molar-refractivity contribution in [2.24, 2.45) is 0 Å². The van der Waals surface area contributed by atoms with Gasteiger partial charge in [0.2, 0.25) is 0 Å². The maximum Gasteiger partial charge on any atom is 0.253 e. The van der Waals surface area contributed by atoms with E-state index in [-0.39, 0.29) is 30.0 Å². The molecule has 2 amide bonds. The molecule has 9 heteroatoms. The Morgan fingerprint density at radius 3 is 2.53 bits per heavy atom. The average molecular weight is 532 g/mol. The summed E-state index contributed by atoms with van der Waals surface area (Å²) in [6, 6.07) is 8.34. The summed E-state index contributed by atoms with van der Waals surface area (Å²) < 4.78 is 33.6. The van der Waals surface area contributed by atoms with Gasteiger partial charge in [-0.2, -0.15) is 0 Å². The number of nitrogens with zero attached hydrogens (tertiary/aromatic N) is 1. The lowest BCUT2D eigenvalue weighted by atomic mass is 9.94. The molecule has 1 heterocycles. The van der Waals surface area contributed by atoms with Gasteiger partial charge in [-0.05, 0) is 61.6 Å². The number of benzene rings is 2. The SMILES string of the molecule is CCCCN(C)C(=O)c1cccc(C(=O)N[C@@H](Cc2cc(F)cc(F)c2)[C@H](O)[C@H]2C[C@@H](OCCC)CN2)c1. The predicted octanol–water partition coefficient (Wildman–Crippen LogP) is 3.70. The number of ether oxygens (including phenoxy) is 1. The van der Waals surface area contributed by atoms with E-state index >= 15 is 0 Å². The molecule has 1 aliphatic heterocycles. The first-order valence-corrected chi connectivity index (χ1v) is 13.4. The van der Waals surface area contributed by atoms with E-state index < -0.39 is 29.7 Å². The first kappa shape index (κ1) is 29.7. The molecule has 2 aromatic carbocycles. The van der Waals surface area contributed by atoms with E-state index in [1.807, 2.05) is 13.8 Å². The molecule has 0 radical (unpaired) electrons. The van der Waals surface area contributed by atoms with Crippen molar-refractivity contribution < 1.29 is 28.2 Å². The monoisotopic (exact) mass is 531 g/mol. The minimum atomic E-state index is -1.05. The van der Waals surface area contributed by atoms with Crippen molar-refractivity contribution in [3.63, 3.8) is 0 Å². The first-order chi connectivity index (χ1) is 18.2. The Bertz CT molecular complexity index is 1060. The molecule has 0 spiro atoms. The molecule has 0 saturated carbocycles. The fraction of sp³-hybridized carbons (Fsp3) is 0.517. The second-order valence-electron chi connectivity index (χ2n) is 9.96. The van der Waals surface area contributed by atoms with Crippen molar-refractivity contribution in [2.45, 2.75) is 70.2 Å². The van der Waals surface area contributed by atoms with Crippen LogP contribution in [0.4, 0.5) is 8.78 Å². The average Bonchev–Trinajstić information content (AvgIpc) is 3.37. The number of hydrogen-bond donors (Lipinski definition) is 3. The largest absolute Gasteiger partial charge is 0.389 e. The number of rotatable bonds is 13. The lowest BCUT2D eigenvalue weighted by Gasteiger charge is -2.29. The van der Waals surface area contributed by atoms with Gasteiger partial charge in [0, 0.05) is 50.0 Å². The van der Waals surface area contributed by atoms with Crippen LogP contribution < -0.4 is 10.6 Å². The Morgan fingerprint density at radius 2 is 1.84 bits per heavy atom. The van der Waals surface area contributed by atoms with Gasteiger partial charge in [-0.15, -0.1) is 0 Å². The third-order valence-electron chi connectivity index (χ3n) is 6.77. The van der Waals surface area contributed by atoms with Crippen LogP contribution in [0, 0.1) is 11.6 Å². The van der Waals surface area contributed by atoms with E-state index in [1.165, 1.54) is 18.2 Å². The van der Waals surface area contributed by atoms with Gasteiger partial charge in [-0.25, -0.2) is 8.78 Å². The summed E-state index contributed by atoms with van der Waals surface area (Å²) in [7, 11) is 1.72. The molecule has 0 aromatic heterocycles. The molecule has 1 fully saturated rings. The second-order valence-corrected chi connectivity index (χ2v) is 9.96. The topological polar surface area (TPSA) is 90.9 Å². The first-order valence-electron chi connectivity index (χ1n) is 13.4. The number of unbranched alkanes of at least 4 members (excludes halogenated alkanes) is 1. The molecule has 4 atom stereocenters. The predicted molar refractivity (Wildman–Crippen MR) is 142 cm³/mol. The minimum Gasteiger partial charge on any atom is -0.389 e. The molecule has 2 aromatic rings. The zero-order chi connectivity index (χ0) is 27.7. The highest BCUT2D eigenvalue weighted by molar-refractivity contribution is 5.99. The number of aliphatic hydroxyl groups excluding tert-OH is 1. The molecule has 0 bridgehead atoms. The molecule has 3 N–H and O–H groups in total. The van der Waals surface area contributed by atoms with Gasteiger partial charge in [-0.1, -0.05) is 26.3 Å². The summed E-state index contributed by atoms with van der Waals surface area (Å²) >= 11 is 0. The second kappa shape index (κ2) is 14.3. The lowest BCUT2D eigenvalue weighted by molar-refractivity contribution is 0.0514. The van der Waals surface area contributed by atoms with Crippen LogP contribution >= 0.6 is 0 Å². The molecule has 1 aliphatic rings. The maximum absolute atomic E-state index is 13.9. The van der Waals surface area contributed by atoms with Gasteiger partial charge in [0.05, 0.1) is 18.2 Å². The fourth-order valence-corrected chi connectivity index (χ4v) is 4.69. The summed E-state index contributed by atoms with van der Waals surface area (Å²) in [6.07, 6.45) is 2.15. The van der Waals surface area contributed by atoms with Crippen molar-refractivity contribution in [3.8, 4) is 0 Å². The fourth-order valence-electron chi connectivity index (χ4n) is 4.69. The zero-order valence-electron chi connectivity index (χ0n) is 22.4. The Balaban J connectivity index is 1.78. The molecule has 208 valence electrons. The Hall–Kier alpha value is -2.88. The third-order valence-corrected chi connectivity index (χ3v) is 6.77.